The topological polar surface area (TPSA) is 46.2 Å². The number of hydrogen-bond acceptors (Lipinski definition) is 4. The first-order valence-corrected chi connectivity index (χ1v) is 7.55. The summed E-state index contributed by atoms with van der Waals surface area (Å²) in [6.07, 6.45) is -1.04. The summed E-state index contributed by atoms with van der Waals surface area (Å²) in [7, 11) is 0. The van der Waals surface area contributed by atoms with Crippen LogP contribution in [0.3, 0.4) is 0 Å². The van der Waals surface area contributed by atoms with E-state index in [0.717, 1.165) is 32.0 Å². The van der Waals surface area contributed by atoms with E-state index < -0.39 is 11.7 Å². The van der Waals surface area contributed by atoms with Crippen LogP contribution in [0.5, 0.6) is 0 Å². The van der Waals surface area contributed by atoms with Gasteiger partial charge in [0.05, 0.1) is 18.3 Å². The maximum absolute atomic E-state index is 12.9. The average molecular weight is 368 g/mol. The van der Waals surface area contributed by atoms with Gasteiger partial charge in [0.1, 0.15) is 5.82 Å². The Kier molecular flexibility index (Phi) is 5.83. The maximum Gasteiger partial charge on any atom is 0.419 e. The van der Waals surface area contributed by atoms with Gasteiger partial charge in [0.25, 0.3) is 0 Å². The van der Waals surface area contributed by atoms with Gasteiger partial charge in [-0.1, -0.05) is 0 Å². The molecule has 0 spiro atoms. The molecule has 1 saturated heterocycles. The minimum absolute atomic E-state index is 0.167. The fourth-order valence-corrected chi connectivity index (χ4v) is 2.48. The lowest BCUT2D eigenvalue weighted by Crippen LogP contribution is -2.33. The van der Waals surface area contributed by atoms with Crippen molar-refractivity contribution in [1.29, 1.82) is 0 Å². The Hall–Kier alpha value is -0.860. The fourth-order valence-electron chi connectivity index (χ4n) is 2.15. The monoisotopic (exact) mass is 367 g/mol. The van der Waals surface area contributed by atoms with Crippen LogP contribution < -0.4 is 10.6 Å². The van der Waals surface area contributed by atoms with E-state index in [4.69, 9.17) is 4.74 Å². The number of halogens is 4. The molecule has 1 aliphatic rings. The Morgan fingerprint density at radius 1 is 1.38 bits per heavy atom. The highest BCUT2D eigenvalue weighted by atomic mass is 79.9. The number of nitrogens with zero attached hydrogens (tertiary/aromatic N) is 1. The van der Waals surface area contributed by atoms with Crippen molar-refractivity contribution in [3.05, 3.63) is 22.3 Å². The van der Waals surface area contributed by atoms with Crippen molar-refractivity contribution in [2.45, 2.75) is 25.1 Å². The van der Waals surface area contributed by atoms with Gasteiger partial charge in [0.2, 0.25) is 0 Å². The number of hydrogen-bond donors (Lipinski definition) is 2. The third kappa shape index (κ3) is 5.12. The summed E-state index contributed by atoms with van der Waals surface area (Å²) in [6.45, 7) is 2.50. The molecule has 0 unspecified atom stereocenters. The third-order valence-electron chi connectivity index (χ3n) is 3.19. The van der Waals surface area contributed by atoms with Crippen LogP contribution in [-0.4, -0.2) is 37.3 Å². The predicted molar refractivity (Wildman–Crippen MR) is 77.3 cm³/mol. The quantitative estimate of drug-likeness (QED) is 0.785. The highest BCUT2D eigenvalue weighted by Crippen LogP contribution is 2.35. The molecule has 1 fully saturated rings. The summed E-state index contributed by atoms with van der Waals surface area (Å²) < 4.78 is 44.6. The molecule has 0 bridgehead atoms. The lowest BCUT2D eigenvalue weighted by Gasteiger charge is -2.23. The Labute approximate surface area is 129 Å². The number of rotatable bonds is 5. The summed E-state index contributed by atoms with van der Waals surface area (Å²) in [4.78, 5) is 3.79. The highest BCUT2D eigenvalue weighted by molar-refractivity contribution is 9.10. The van der Waals surface area contributed by atoms with Crippen molar-refractivity contribution < 1.29 is 17.9 Å². The molecule has 0 radical (unpaired) electrons. The second-order valence-corrected chi connectivity index (χ2v) is 5.71. The van der Waals surface area contributed by atoms with Gasteiger partial charge in [-0.3, -0.25) is 0 Å². The zero-order valence-corrected chi connectivity index (χ0v) is 12.9. The summed E-state index contributed by atoms with van der Waals surface area (Å²) in [5.74, 6) is -0.167. The smallest absolute Gasteiger partial charge is 0.376 e. The highest BCUT2D eigenvalue weighted by Gasteiger charge is 2.34. The molecule has 0 atom stereocenters. The zero-order valence-electron chi connectivity index (χ0n) is 11.3. The van der Waals surface area contributed by atoms with E-state index in [1.165, 1.54) is 6.20 Å². The Morgan fingerprint density at radius 3 is 2.76 bits per heavy atom. The molecule has 0 aromatic carbocycles. The molecule has 0 saturated carbocycles. The standard InChI is InChI=1S/C13H17BrF3N3O/c14-9-7-11(13(15,16)17)12(20-8-9)19-5-6-21-10-1-3-18-4-2-10/h7-8,10,18H,1-6H2,(H,19,20). The molecule has 8 heteroatoms. The molecule has 0 amide bonds. The SMILES string of the molecule is FC(F)(F)c1cc(Br)cnc1NCCOC1CCNCC1. The van der Waals surface area contributed by atoms with E-state index in [1.54, 1.807) is 0 Å². The summed E-state index contributed by atoms with van der Waals surface area (Å²) >= 11 is 3.00. The average Bonchev–Trinajstić information content (AvgIpc) is 2.45. The first kappa shape index (κ1) is 16.5. The van der Waals surface area contributed by atoms with Crippen LogP contribution >= 0.6 is 15.9 Å². The molecule has 118 valence electrons. The lowest BCUT2D eigenvalue weighted by atomic mass is 10.1. The zero-order chi connectivity index (χ0) is 15.3. The molecule has 4 nitrogen and oxygen atoms in total. The number of aromatic nitrogens is 1. The van der Waals surface area contributed by atoms with Gasteiger partial charge in [-0.15, -0.1) is 0 Å². The molecular weight excluding hydrogens is 351 g/mol. The molecule has 2 N–H and O–H groups in total. The van der Waals surface area contributed by atoms with Crippen LogP contribution in [0, 0.1) is 0 Å². The molecule has 1 aromatic heterocycles. The minimum Gasteiger partial charge on any atom is -0.376 e. The first-order valence-electron chi connectivity index (χ1n) is 6.76. The number of alkyl halides is 3. The van der Waals surface area contributed by atoms with Gasteiger partial charge >= 0.3 is 6.18 Å². The van der Waals surface area contributed by atoms with Crippen LogP contribution in [0.2, 0.25) is 0 Å². The molecule has 1 aromatic rings. The van der Waals surface area contributed by atoms with Gasteiger partial charge < -0.3 is 15.4 Å². The van der Waals surface area contributed by atoms with Crippen molar-refractivity contribution in [3.63, 3.8) is 0 Å². The molecule has 21 heavy (non-hydrogen) atoms. The van der Waals surface area contributed by atoms with Crippen molar-refractivity contribution in [3.8, 4) is 0 Å². The van der Waals surface area contributed by atoms with Crippen LogP contribution in [-0.2, 0) is 10.9 Å². The molecule has 2 heterocycles. The van der Waals surface area contributed by atoms with E-state index in [-0.39, 0.29) is 11.9 Å². The van der Waals surface area contributed by atoms with Crippen LogP contribution in [0.1, 0.15) is 18.4 Å². The summed E-state index contributed by atoms with van der Waals surface area (Å²) in [6, 6.07) is 1.02. The van der Waals surface area contributed by atoms with E-state index >= 15 is 0 Å². The van der Waals surface area contributed by atoms with E-state index in [9.17, 15) is 13.2 Å². The van der Waals surface area contributed by atoms with Crippen LogP contribution in [0.15, 0.2) is 16.7 Å². The number of ether oxygens (including phenoxy) is 1. The van der Waals surface area contributed by atoms with Gasteiger partial charge in [0, 0.05) is 17.2 Å². The Bertz CT molecular complexity index is 464. The van der Waals surface area contributed by atoms with E-state index in [0.29, 0.717) is 17.6 Å². The Balaban J connectivity index is 1.85. The van der Waals surface area contributed by atoms with Crippen LogP contribution in [0.4, 0.5) is 19.0 Å². The van der Waals surface area contributed by atoms with Gasteiger partial charge in [0.15, 0.2) is 0 Å². The summed E-state index contributed by atoms with van der Waals surface area (Å²) in [5.41, 5.74) is -0.779. The van der Waals surface area contributed by atoms with Crippen LogP contribution in [0.25, 0.3) is 0 Å². The molecule has 2 rings (SSSR count). The number of anilines is 1. The second kappa shape index (κ2) is 7.42. The Morgan fingerprint density at radius 2 is 2.10 bits per heavy atom. The molecular formula is C13H17BrF3N3O. The van der Waals surface area contributed by atoms with Crippen molar-refractivity contribution in [2.75, 3.05) is 31.6 Å². The second-order valence-electron chi connectivity index (χ2n) is 4.79. The number of piperidine rings is 1. The van der Waals surface area contributed by atoms with Crippen molar-refractivity contribution in [1.82, 2.24) is 10.3 Å². The largest absolute Gasteiger partial charge is 0.419 e. The normalized spacial score (nSPS) is 17.0. The van der Waals surface area contributed by atoms with Gasteiger partial charge in [-0.2, -0.15) is 13.2 Å². The summed E-state index contributed by atoms with van der Waals surface area (Å²) in [5, 5.41) is 5.92. The van der Waals surface area contributed by atoms with Crippen molar-refractivity contribution >= 4 is 21.7 Å². The van der Waals surface area contributed by atoms with Crippen molar-refractivity contribution in [2.24, 2.45) is 0 Å². The lowest BCUT2D eigenvalue weighted by molar-refractivity contribution is -0.137. The van der Waals surface area contributed by atoms with E-state index in [2.05, 4.69) is 31.5 Å². The predicted octanol–water partition coefficient (Wildman–Crippen LogP) is 3.04. The maximum atomic E-state index is 12.9. The molecule has 0 aliphatic carbocycles. The van der Waals surface area contributed by atoms with Gasteiger partial charge in [-0.05, 0) is 47.9 Å². The molecule has 1 aliphatic heterocycles. The fraction of sp³-hybridized carbons (Fsp3) is 0.615. The minimum atomic E-state index is -4.44. The number of nitrogens with one attached hydrogen (secondary N) is 2. The number of pyridine rings is 1. The van der Waals surface area contributed by atoms with Gasteiger partial charge in [-0.25, -0.2) is 4.98 Å². The first-order chi connectivity index (χ1) is 9.97. The van der Waals surface area contributed by atoms with E-state index in [1.807, 2.05) is 0 Å². The third-order valence-corrected chi connectivity index (χ3v) is 3.63.